The van der Waals surface area contributed by atoms with Crippen molar-refractivity contribution in [1.29, 1.82) is 0 Å². The second kappa shape index (κ2) is 7.98. The van der Waals surface area contributed by atoms with Crippen molar-refractivity contribution in [3.8, 4) is 0 Å². The van der Waals surface area contributed by atoms with Gasteiger partial charge in [0, 0.05) is 0 Å². The molecule has 1 aromatic rings. The molecule has 1 aromatic heterocycles. The Bertz CT molecular complexity index is 410. The topological polar surface area (TPSA) is 0 Å². The Morgan fingerprint density at radius 1 is 1.29 bits per heavy atom. The summed E-state index contributed by atoms with van der Waals surface area (Å²) in [6, 6.07) is 2.23. The van der Waals surface area contributed by atoms with Crippen LogP contribution in [0.25, 0.3) is 0 Å². The standard InChI is InChI=1S/C12H15SSi.2ClH.Ti/c1-10-8-9-13-12(10)14(2,3)11-6-4-5-7-11;;;/h4,6,8-9H,5H2,1-3H3;2*1H;/q-1;;;+3/p-2. The molecule has 17 heavy (non-hydrogen) atoms. The Hall–Kier alpha value is 0.691. The van der Waals surface area contributed by atoms with Crippen molar-refractivity contribution in [2.24, 2.45) is 0 Å². The van der Waals surface area contributed by atoms with Gasteiger partial charge in [0.1, 0.15) is 0 Å². The summed E-state index contributed by atoms with van der Waals surface area (Å²) in [5.74, 6) is 0. The zero-order valence-corrected chi connectivity index (χ0v) is 15.1. The van der Waals surface area contributed by atoms with Crippen molar-refractivity contribution in [2.45, 2.75) is 26.4 Å². The molecule has 2 rings (SSSR count). The van der Waals surface area contributed by atoms with Crippen molar-refractivity contribution < 1.29 is 46.5 Å². The molecule has 1 aliphatic rings. The van der Waals surface area contributed by atoms with E-state index < -0.39 is 8.07 Å². The Morgan fingerprint density at radius 3 is 2.35 bits per heavy atom. The SMILES string of the molecule is Cc1ccsc1[Si](C)(C)C1=[C-]CC=C1.[Cl-].[Cl-].[Ti+3]. The van der Waals surface area contributed by atoms with Crippen molar-refractivity contribution in [3.63, 3.8) is 0 Å². The fraction of sp³-hybridized carbons (Fsp3) is 0.333. The second-order valence-corrected chi connectivity index (χ2v) is 9.82. The normalized spacial score (nSPS) is 13.2. The zero-order valence-electron chi connectivity index (χ0n) is 10.2. The predicted molar refractivity (Wildman–Crippen MR) is 66.7 cm³/mol. The quantitative estimate of drug-likeness (QED) is 0.404. The van der Waals surface area contributed by atoms with Crippen molar-refractivity contribution in [1.82, 2.24) is 0 Å². The van der Waals surface area contributed by atoms with Gasteiger partial charge in [0.25, 0.3) is 0 Å². The van der Waals surface area contributed by atoms with E-state index in [0.717, 1.165) is 6.42 Å². The number of allylic oxidation sites excluding steroid dienone is 4. The molecule has 0 nitrogen and oxygen atoms in total. The second-order valence-electron chi connectivity index (χ2n) is 4.25. The molecule has 1 radical (unpaired) electrons. The van der Waals surface area contributed by atoms with Gasteiger partial charge in [0.15, 0.2) is 0 Å². The van der Waals surface area contributed by atoms with E-state index in [1.165, 1.54) is 10.8 Å². The average Bonchev–Trinajstić information content (AvgIpc) is 2.72. The van der Waals surface area contributed by atoms with Crippen LogP contribution in [0.3, 0.4) is 0 Å². The molecule has 0 amide bonds. The first-order valence-electron chi connectivity index (χ1n) is 4.95. The Morgan fingerprint density at radius 2 is 1.94 bits per heavy atom. The first kappa shape index (κ1) is 20.0. The van der Waals surface area contributed by atoms with Crippen LogP contribution in [-0.4, -0.2) is 8.07 Å². The van der Waals surface area contributed by atoms with Crippen LogP contribution in [0.2, 0.25) is 13.1 Å². The summed E-state index contributed by atoms with van der Waals surface area (Å²) in [5, 5.41) is 3.68. The maximum absolute atomic E-state index is 3.49. The summed E-state index contributed by atoms with van der Waals surface area (Å²) in [6.07, 6.45) is 8.98. The van der Waals surface area contributed by atoms with E-state index in [2.05, 4.69) is 49.7 Å². The molecule has 0 N–H and O–H groups in total. The summed E-state index contributed by atoms with van der Waals surface area (Å²) in [7, 11) is -1.40. The van der Waals surface area contributed by atoms with Crippen molar-refractivity contribution in [3.05, 3.63) is 40.4 Å². The Kier molecular flexibility index (Phi) is 9.40. The molecule has 0 saturated heterocycles. The number of rotatable bonds is 2. The average molecular weight is 338 g/mol. The predicted octanol–water partition coefficient (Wildman–Crippen LogP) is -2.79. The molecule has 5 heteroatoms. The van der Waals surface area contributed by atoms with Gasteiger partial charge in [-0.25, -0.2) is 11.3 Å². The van der Waals surface area contributed by atoms with Gasteiger partial charge in [-0.1, -0.05) is 13.1 Å². The number of hydrogen-bond acceptors (Lipinski definition) is 1. The number of halogens is 2. The van der Waals surface area contributed by atoms with Crippen LogP contribution in [0, 0.1) is 13.0 Å². The van der Waals surface area contributed by atoms with E-state index in [1.807, 2.05) is 11.3 Å². The summed E-state index contributed by atoms with van der Waals surface area (Å²) in [4.78, 5) is 0. The van der Waals surface area contributed by atoms with E-state index >= 15 is 0 Å². The fourth-order valence-corrected chi connectivity index (χ4v) is 6.74. The van der Waals surface area contributed by atoms with Gasteiger partial charge in [0.2, 0.25) is 0 Å². The summed E-state index contributed by atoms with van der Waals surface area (Å²) in [6.45, 7) is 7.06. The summed E-state index contributed by atoms with van der Waals surface area (Å²) >= 11 is 1.91. The molecule has 1 heterocycles. The maximum atomic E-state index is 3.49. The van der Waals surface area contributed by atoms with Crippen LogP contribution >= 0.6 is 11.3 Å². The van der Waals surface area contributed by atoms with E-state index in [4.69, 9.17) is 0 Å². The maximum Gasteiger partial charge on any atom is 3.00 e. The fourth-order valence-electron chi connectivity index (χ4n) is 1.97. The third-order valence-corrected chi connectivity index (χ3v) is 8.73. The largest absolute Gasteiger partial charge is 3.00 e. The summed E-state index contributed by atoms with van der Waals surface area (Å²) in [5.41, 5.74) is 1.46. The molecule has 0 atom stereocenters. The van der Waals surface area contributed by atoms with Crippen LogP contribution in [0.5, 0.6) is 0 Å². The number of aryl methyl sites for hydroxylation is 1. The Labute approximate surface area is 136 Å². The van der Waals surface area contributed by atoms with E-state index in [1.54, 1.807) is 4.50 Å². The zero-order chi connectivity index (χ0) is 10.2. The monoisotopic (exact) mass is 337 g/mol. The number of thiophene rings is 1. The van der Waals surface area contributed by atoms with Crippen LogP contribution in [0.15, 0.2) is 28.8 Å². The van der Waals surface area contributed by atoms with Gasteiger partial charge in [-0.15, -0.1) is 6.42 Å². The van der Waals surface area contributed by atoms with E-state index in [9.17, 15) is 0 Å². The molecule has 0 fully saturated rings. The molecule has 0 saturated carbocycles. The molecule has 0 spiro atoms. The van der Waals surface area contributed by atoms with Crippen LogP contribution < -0.4 is 29.3 Å². The van der Waals surface area contributed by atoms with Gasteiger partial charge in [-0.3, -0.25) is 6.08 Å². The van der Waals surface area contributed by atoms with Gasteiger partial charge >= 0.3 is 21.7 Å². The number of hydrogen-bond donors (Lipinski definition) is 0. The van der Waals surface area contributed by atoms with E-state index in [0.29, 0.717) is 0 Å². The molecule has 0 bridgehead atoms. The molecule has 0 aromatic carbocycles. The first-order valence-corrected chi connectivity index (χ1v) is 8.83. The third-order valence-electron chi connectivity index (χ3n) is 2.80. The van der Waals surface area contributed by atoms with Gasteiger partial charge in [-0.05, 0) is 28.4 Å². The third kappa shape index (κ3) is 4.09. The van der Waals surface area contributed by atoms with Gasteiger partial charge in [0.05, 0.1) is 8.07 Å². The molecule has 1 aliphatic carbocycles. The van der Waals surface area contributed by atoms with Crippen molar-refractivity contribution >= 4 is 23.9 Å². The first-order chi connectivity index (χ1) is 6.62. The smallest absolute Gasteiger partial charge is 1.00 e. The van der Waals surface area contributed by atoms with Crippen LogP contribution in [0.1, 0.15) is 12.0 Å². The summed E-state index contributed by atoms with van der Waals surface area (Å²) < 4.78 is 1.60. The molecular formula is C12H15Cl2SSiTi. The van der Waals surface area contributed by atoms with Crippen LogP contribution in [-0.2, 0) is 21.7 Å². The van der Waals surface area contributed by atoms with Crippen LogP contribution in [0.4, 0.5) is 0 Å². The molecule has 0 unspecified atom stereocenters. The molecule has 91 valence electrons. The minimum absolute atomic E-state index is 0. The van der Waals surface area contributed by atoms with E-state index in [-0.39, 0.29) is 46.5 Å². The van der Waals surface area contributed by atoms with Crippen molar-refractivity contribution in [2.75, 3.05) is 0 Å². The Balaban J connectivity index is 0. The minimum atomic E-state index is -1.40. The van der Waals surface area contributed by atoms with Gasteiger partial charge < -0.3 is 24.8 Å². The minimum Gasteiger partial charge on any atom is -1.00 e. The molecular weight excluding hydrogens is 323 g/mol. The molecule has 0 aliphatic heterocycles. The van der Waals surface area contributed by atoms with Gasteiger partial charge in [-0.2, -0.15) is 17.4 Å².